The van der Waals surface area contributed by atoms with Gasteiger partial charge in [-0.05, 0) is 53.1 Å². The lowest BCUT2D eigenvalue weighted by molar-refractivity contribution is -0.144. The van der Waals surface area contributed by atoms with Crippen LogP contribution in [-0.4, -0.2) is 0 Å². The highest BCUT2D eigenvalue weighted by atomic mass is 19.4. The molecule has 282 valence electrons. The summed E-state index contributed by atoms with van der Waals surface area (Å²) in [7, 11) is 0. The number of hydrogen-bond donors (Lipinski definition) is 0. The minimum absolute atomic E-state index is 0.0236. The third kappa shape index (κ3) is 6.38. The lowest BCUT2D eigenvalue weighted by atomic mass is 9.77. The fourth-order valence-corrected chi connectivity index (χ4v) is 6.50. The van der Waals surface area contributed by atoms with Gasteiger partial charge in [-0.15, -0.1) is 0 Å². The van der Waals surface area contributed by atoms with E-state index >= 15 is 0 Å². The molecule has 0 bridgehead atoms. The second-order valence-electron chi connectivity index (χ2n) is 11.7. The first-order valence-corrected chi connectivity index (χ1v) is 15.0. The van der Waals surface area contributed by atoms with E-state index < -0.39 is 136 Å². The van der Waals surface area contributed by atoms with Crippen LogP contribution >= 0.6 is 0 Å². The zero-order valence-corrected chi connectivity index (χ0v) is 27.6. The molecule has 0 unspecified atom stereocenters. The van der Waals surface area contributed by atoms with Crippen LogP contribution in [0.2, 0.25) is 0 Å². The normalized spacial score (nSPS) is 13.5. The molecule has 5 rings (SSSR count). The summed E-state index contributed by atoms with van der Waals surface area (Å²) >= 11 is 0. The number of alkyl halides is 12. The molecule has 2 aliphatic rings. The van der Waals surface area contributed by atoms with Crippen molar-refractivity contribution in [2.45, 2.75) is 24.7 Å². The molecule has 0 N–H and O–H groups in total. The highest BCUT2D eigenvalue weighted by molar-refractivity contribution is 6.23. The molecule has 8 nitrogen and oxygen atoms in total. The van der Waals surface area contributed by atoms with Crippen LogP contribution in [0.15, 0.2) is 58.7 Å². The average Bonchev–Trinajstić information content (AvgIpc) is 3.65. The number of halogens is 12. The van der Waals surface area contributed by atoms with Crippen LogP contribution in [0.5, 0.6) is 0 Å². The third-order valence-corrected chi connectivity index (χ3v) is 8.65. The minimum Gasteiger partial charge on any atom is -0.192 e. The van der Waals surface area contributed by atoms with Gasteiger partial charge in [0.2, 0.25) is 0 Å². The first-order valence-electron chi connectivity index (χ1n) is 15.0. The summed E-state index contributed by atoms with van der Waals surface area (Å²) in [6.45, 7) is 0. The Labute approximate surface area is 315 Å². The second-order valence-corrected chi connectivity index (χ2v) is 11.7. The Kier molecular flexibility index (Phi) is 9.71. The Morgan fingerprint density at radius 3 is 0.776 bits per heavy atom. The maximum Gasteiger partial charge on any atom is 0.416 e. The van der Waals surface area contributed by atoms with Gasteiger partial charge in [0.25, 0.3) is 0 Å². The van der Waals surface area contributed by atoms with E-state index in [0.29, 0.717) is 0 Å². The van der Waals surface area contributed by atoms with E-state index in [1.165, 1.54) is 48.6 Å². The molecule has 0 amide bonds. The van der Waals surface area contributed by atoms with Gasteiger partial charge >= 0.3 is 24.7 Å². The molecule has 0 aromatic heterocycles. The molecule has 0 spiro atoms. The number of benzene rings is 3. The van der Waals surface area contributed by atoms with E-state index in [1.807, 2.05) is 0 Å². The lowest BCUT2D eigenvalue weighted by Crippen LogP contribution is -2.13. The number of allylic oxidation sites excluding steroid dienone is 8. The number of fused-ring (bicyclic) bond motifs is 2. The van der Waals surface area contributed by atoms with Crippen molar-refractivity contribution >= 4 is 22.3 Å². The second kappa shape index (κ2) is 13.8. The summed E-state index contributed by atoms with van der Waals surface area (Å²) in [5.41, 5.74) is -26.4. The smallest absolute Gasteiger partial charge is 0.192 e. The summed E-state index contributed by atoms with van der Waals surface area (Å²) in [5, 5.41) is 81.3. The minimum atomic E-state index is -5.62. The van der Waals surface area contributed by atoms with Crippen LogP contribution in [0.4, 0.5) is 52.7 Å². The summed E-state index contributed by atoms with van der Waals surface area (Å²) < 4.78 is 172. The Morgan fingerprint density at radius 2 is 0.569 bits per heavy atom. The van der Waals surface area contributed by atoms with Crippen LogP contribution in [0.3, 0.4) is 0 Å². The van der Waals surface area contributed by atoms with Gasteiger partial charge in [-0.1, -0.05) is 0 Å². The largest absolute Gasteiger partial charge is 0.416 e. The lowest BCUT2D eigenvalue weighted by Gasteiger charge is -2.24. The third-order valence-electron chi connectivity index (χ3n) is 8.65. The zero-order chi connectivity index (χ0) is 43.4. The van der Waals surface area contributed by atoms with Gasteiger partial charge in [-0.2, -0.15) is 94.8 Å². The van der Waals surface area contributed by atoms with Crippen molar-refractivity contribution in [3.8, 4) is 70.8 Å². The molecule has 3 aromatic rings. The van der Waals surface area contributed by atoms with E-state index in [2.05, 4.69) is 0 Å². The molecule has 0 saturated heterocycles. The van der Waals surface area contributed by atoms with Gasteiger partial charge < -0.3 is 0 Å². The van der Waals surface area contributed by atoms with Crippen molar-refractivity contribution in [3.05, 3.63) is 103 Å². The number of hydrogen-bond acceptors (Lipinski definition) is 8. The number of rotatable bonds is 2. The van der Waals surface area contributed by atoms with Crippen molar-refractivity contribution in [1.82, 2.24) is 0 Å². The highest BCUT2D eigenvalue weighted by Crippen LogP contribution is 2.60. The number of nitrogens with zero attached hydrogens (tertiary/aromatic N) is 8. The molecular weight excluding hydrogens is 796 g/mol. The van der Waals surface area contributed by atoms with Gasteiger partial charge in [0.1, 0.15) is 59.7 Å². The monoisotopic (exact) mass is 802 g/mol. The van der Waals surface area contributed by atoms with Crippen LogP contribution < -0.4 is 0 Å². The molecule has 0 saturated carbocycles. The van der Waals surface area contributed by atoms with Crippen LogP contribution in [0.1, 0.15) is 44.5 Å². The molecule has 2 aliphatic carbocycles. The van der Waals surface area contributed by atoms with Crippen molar-refractivity contribution in [2.75, 3.05) is 0 Å². The fraction of sp³-hybridized carbons (Fsp3) is 0.105. The molecule has 20 heteroatoms. The van der Waals surface area contributed by atoms with E-state index in [9.17, 15) is 94.8 Å². The summed E-state index contributed by atoms with van der Waals surface area (Å²) in [6, 6.07) is 10.3. The standard InChI is InChI=1S/C38H6F12N8/c39-35(40,41)19-1-15(2-20(5-19)36(42,43)44)29-31-25(13-57)23(11-55)27(17(7-51)8-52)33(31)30(16-3-21(37(45,46)47)6-22(4-16)38(48,49)50)34-28(18(9-53)10-54)24(12-56)26(14-58)32(29)34/h1-6H. The maximum atomic E-state index is 14.3. The summed E-state index contributed by atoms with van der Waals surface area (Å²) in [6.07, 6.45) is -22.5. The van der Waals surface area contributed by atoms with Crippen molar-refractivity contribution in [2.24, 2.45) is 0 Å². The van der Waals surface area contributed by atoms with Gasteiger partial charge in [0, 0.05) is 39.0 Å². The Bertz CT molecular complexity index is 2690. The van der Waals surface area contributed by atoms with Gasteiger partial charge in [-0.25, -0.2) is 0 Å². The molecule has 0 aliphatic heterocycles. The molecule has 3 aromatic carbocycles. The predicted molar refractivity (Wildman–Crippen MR) is 170 cm³/mol. The maximum absolute atomic E-state index is 14.3. The molecule has 58 heavy (non-hydrogen) atoms. The average molecular weight is 802 g/mol. The fourth-order valence-electron chi connectivity index (χ4n) is 6.50. The predicted octanol–water partition coefficient (Wildman–Crippen LogP) is 10.3. The van der Waals surface area contributed by atoms with E-state index in [-0.39, 0.29) is 36.4 Å². The van der Waals surface area contributed by atoms with E-state index in [1.54, 1.807) is 0 Å². The van der Waals surface area contributed by atoms with Crippen molar-refractivity contribution < 1.29 is 52.7 Å². The molecule has 0 radical (unpaired) electrons. The highest BCUT2D eigenvalue weighted by Gasteiger charge is 2.46. The topological polar surface area (TPSA) is 190 Å². The van der Waals surface area contributed by atoms with Gasteiger partial charge in [0.05, 0.1) is 44.5 Å². The Balaban J connectivity index is 2.37. The van der Waals surface area contributed by atoms with Crippen LogP contribution in [-0.2, 0) is 24.7 Å². The van der Waals surface area contributed by atoms with E-state index in [0.717, 1.165) is 0 Å². The first-order chi connectivity index (χ1) is 27.0. The van der Waals surface area contributed by atoms with Crippen LogP contribution in [0, 0.1) is 90.6 Å². The Morgan fingerprint density at radius 1 is 0.328 bits per heavy atom. The van der Waals surface area contributed by atoms with Gasteiger partial charge in [0.15, 0.2) is 0 Å². The SMILES string of the molecule is N#CC(C#N)=C1C(C#N)=C(C#N)c2c1c(-c1cc(C(F)(F)F)cc(C(F)(F)F)c1)c1c(c2-c2cc(C(F)(F)F)cc(C(F)(F)F)c2)C(C#N)=C(C#N)C1=C(C#N)C#N. The van der Waals surface area contributed by atoms with Gasteiger partial charge in [-0.3, -0.25) is 0 Å². The summed E-state index contributed by atoms with van der Waals surface area (Å²) in [5.74, 6) is 0. The zero-order valence-electron chi connectivity index (χ0n) is 27.6. The summed E-state index contributed by atoms with van der Waals surface area (Å²) in [4.78, 5) is 0. The van der Waals surface area contributed by atoms with Crippen molar-refractivity contribution in [1.29, 1.82) is 42.1 Å². The number of nitriles is 8. The first kappa shape index (κ1) is 40.9. The molecule has 0 atom stereocenters. The quantitative estimate of drug-likeness (QED) is 0.180. The molecule has 0 heterocycles. The Hall–Kier alpha value is -8.30. The molecular formula is C38H6F12N8. The molecule has 0 fully saturated rings. The van der Waals surface area contributed by atoms with Crippen LogP contribution in [0.25, 0.3) is 44.5 Å². The van der Waals surface area contributed by atoms with Crippen molar-refractivity contribution in [3.63, 3.8) is 0 Å². The van der Waals surface area contributed by atoms with E-state index in [4.69, 9.17) is 0 Å².